The maximum Gasteiger partial charge on any atom is 0.151 e. The Balaban J connectivity index is 1.17. The quantitative estimate of drug-likeness (QED) is 0.162. The van der Waals surface area contributed by atoms with Crippen LogP contribution in [0, 0.1) is 0 Å². The third-order valence-corrected chi connectivity index (χ3v) is 10.8. The fraction of sp³-hybridized carbons (Fsp3) is 0. The average Bonchev–Trinajstić information content (AvgIpc) is 3.64. The van der Waals surface area contributed by atoms with E-state index in [1.54, 1.807) is 0 Å². The van der Waals surface area contributed by atoms with Gasteiger partial charge in [-0.15, -0.1) is 0 Å². The SMILES string of the molecule is c1ccc2c(c1)Oc1ccccc1N2c1cc(N(c2ccc(-c3ccncc3)cc2)c2ccc(-c3ccncc3)cc2)cc(-n2c3ccccc3c3ccccc32)n1. The van der Waals surface area contributed by atoms with Crippen LogP contribution in [0.5, 0.6) is 11.5 Å². The summed E-state index contributed by atoms with van der Waals surface area (Å²) in [5.74, 6) is 3.08. The highest BCUT2D eigenvalue weighted by Gasteiger charge is 2.28. The lowest BCUT2D eigenvalue weighted by molar-refractivity contribution is 0.476. The lowest BCUT2D eigenvalue weighted by Crippen LogP contribution is -2.19. The Hall–Kier alpha value is -8.03. The first-order chi connectivity index (χ1) is 28.8. The molecule has 0 fully saturated rings. The van der Waals surface area contributed by atoms with Gasteiger partial charge < -0.3 is 9.64 Å². The first kappa shape index (κ1) is 33.3. The number of ether oxygens (including phenoxy) is 1. The summed E-state index contributed by atoms with van der Waals surface area (Å²) in [6.07, 6.45) is 7.32. The Kier molecular flexibility index (Phi) is 8.00. The second kappa shape index (κ2) is 13.9. The van der Waals surface area contributed by atoms with Gasteiger partial charge in [-0.1, -0.05) is 84.9 Å². The highest BCUT2D eigenvalue weighted by atomic mass is 16.5. The second-order valence-electron chi connectivity index (χ2n) is 14.2. The van der Waals surface area contributed by atoms with Gasteiger partial charge in [0.15, 0.2) is 11.5 Å². The van der Waals surface area contributed by atoms with E-state index in [1.165, 1.54) is 10.8 Å². The van der Waals surface area contributed by atoms with Crippen molar-refractivity contribution in [2.24, 2.45) is 0 Å². The van der Waals surface area contributed by atoms with Gasteiger partial charge in [-0.05, 0) is 107 Å². The van der Waals surface area contributed by atoms with Crippen molar-refractivity contribution in [2.45, 2.75) is 0 Å². The number of para-hydroxylation sites is 6. The van der Waals surface area contributed by atoms with Crippen molar-refractivity contribution in [3.63, 3.8) is 0 Å². The van der Waals surface area contributed by atoms with Crippen LogP contribution in [0.4, 0.5) is 34.3 Å². The predicted molar refractivity (Wildman–Crippen MR) is 234 cm³/mol. The molecule has 0 bridgehead atoms. The largest absolute Gasteiger partial charge is 0.453 e. The number of aromatic nitrogens is 4. The van der Waals surface area contributed by atoms with Crippen LogP contribution in [-0.4, -0.2) is 19.5 Å². The summed E-state index contributed by atoms with van der Waals surface area (Å²) < 4.78 is 8.75. The van der Waals surface area contributed by atoms with E-state index < -0.39 is 0 Å². The van der Waals surface area contributed by atoms with Crippen LogP contribution in [-0.2, 0) is 0 Å². The van der Waals surface area contributed by atoms with E-state index in [-0.39, 0.29) is 0 Å². The van der Waals surface area contributed by atoms with Gasteiger partial charge in [0.25, 0.3) is 0 Å². The lowest BCUT2D eigenvalue weighted by Gasteiger charge is -2.33. The first-order valence-electron chi connectivity index (χ1n) is 19.2. The second-order valence-corrected chi connectivity index (χ2v) is 14.2. The zero-order valence-corrected chi connectivity index (χ0v) is 31.2. The summed E-state index contributed by atoms with van der Waals surface area (Å²) in [6.45, 7) is 0. The molecule has 7 nitrogen and oxygen atoms in total. The maximum absolute atomic E-state index is 6.47. The molecule has 4 aromatic heterocycles. The van der Waals surface area contributed by atoms with Crippen molar-refractivity contribution in [3.05, 3.63) is 207 Å². The highest BCUT2D eigenvalue weighted by Crippen LogP contribution is 2.51. The smallest absolute Gasteiger partial charge is 0.151 e. The Morgan fingerprint density at radius 3 is 1.34 bits per heavy atom. The molecule has 7 heteroatoms. The fourth-order valence-electron chi connectivity index (χ4n) is 8.11. The fourth-order valence-corrected chi connectivity index (χ4v) is 8.11. The maximum atomic E-state index is 6.47. The molecule has 0 saturated carbocycles. The molecule has 10 aromatic rings. The van der Waals surface area contributed by atoms with Crippen molar-refractivity contribution in [2.75, 3.05) is 9.80 Å². The average molecular weight is 747 g/mol. The van der Waals surface area contributed by atoms with Gasteiger partial charge >= 0.3 is 0 Å². The molecule has 58 heavy (non-hydrogen) atoms. The van der Waals surface area contributed by atoms with Crippen LogP contribution in [0.3, 0.4) is 0 Å². The van der Waals surface area contributed by atoms with Crippen LogP contribution in [0.25, 0.3) is 49.9 Å². The molecule has 0 spiro atoms. The van der Waals surface area contributed by atoms with E-state index in [4.69, 9.17) is 9.72 Å². The summed E-state index contributed by atoms with van der Waals surface area (Å²) in [4.78, 5) is 18.6. The summed E-state index contributed by atoms with van der Waals surface area (Å²) in [5, 5.41) is 2.34. The molecule has 0 unspecified atom stereocenters. The number of benzene rings is 6. The topological polar surface area (TPSA) is 59.3 Å². The molecule has 0 N–H and O–H groups in total. The third-order valence-electron chi connectivity index (χ3n) is 10.8. The Labute approximate surface area is 335 Å². The van der Waals surface area contributed by atoms with Gasteiger partial charge in [0.2, 0.25) is 0 Å². The Morgan fingerprint density at radius 2 is 0.828 bits per heavy atom. The highest BCUT2D eigenvalue weighted by molar-refractivity contribution is 6.09. The van der Waals surface area contributed by atoms with E-state index in [2.05, 4.69) is 146 Å². The number of fused-ring (bicyclic) bond motifs is 5. The number of pyridine rings is 3. The predicted octanol–water partition coefficient (Wildman–Crippen LogP) is 13.3. The molecule has 1 aliphatic heterocycles. The Bertz CT molecular complexity index is 2910. The van der Waals surface area contributed by atoms with E-state index >= 15 is 0 Å². The van der Waals surface area contributed by atoms with Crippen molar-refractivity contribution in [1.82, 2.24) is 19.5 Å². The molecule has 0 radical (unpaired) electrons. The molecule has 0 amide bonds. The van der Waals surface area contributed by atoms with Crippen LogP contribution in [0.2, 0.25) is 0 Å². The molecule has 1 aliphatic rings. The molecule has 6 aromatic carbocycles. The number of rotatable bonds is 7. The zero-order chi connectivity index (χ0) is 38.4. The van der Waals surface area contributed by atoms with E-state index in [9.17, 15) is 0 Å². The summed E-state index contributed by atoms with van der Waals surface area (Å²) in [6, 6.07) is 63.4. The van der Waals surface area contributed by atoms with Crippen LogP contribution in [0.1, 0.15) is 0 Å². The molecule has 11 rings (SSSR count). The van der Waals surface area contributed by atoms with Crippen molar-refractivity contribution >= 4 is 56.1 Å². The number of hydrogen-bond donors (Lipinski definition) is 0. The van der Waals surface area contributed by atoms with E-state index in [1.807, 2.05) is 85.5 Å². The minimum atomic E-state index is 0.754. The van der Waals surface area contributed by atoms with Crippen LogP contribution in [0.15, 0.2) is 207 Å². The lowest BCUT2D eigenvalue weighted by atomic mass is 10.0. The van der Waals surface area contributed by atoms with E-state index in [0.29, 0.717) is 0 Å². The van der Waals surface area contributed by atoms with Crippen molar-refractivity contribution in [1.29, 1.82) is 0 Å². The first-order valence-corrected chi connectivity index (χ1v) is 19.2. The number of nitrogens with zero attached hydrogens (tertiary/aromatic N) is 6. The Morgan fingerprint density at radius 1 is 0.397 bits per heavy atom. The molecular weight excluding hydrogens is 713 g/mol. The summed E-state index contributed by atoms with van der Waals surface area (Å²) in [7, 11) is 0. The molecule has 274 valence electrons. The van der Waals surface area contributed by atoms with Gasteiger partial charge in [-0.2, -0.15) is 0 Å². The molecule has 5 heterocycles. The van der Waals surface area contributed by atoms with Gasteiger partial charge in [-0.3, -0.25) is 19.4 Å². The number of anilines is 6. The van der Waals surface area contributed by atoms with Crippen LogP contribution >= 0.6 is 0 Å². The third kappa shape index (κ3) is 5.72. The summed E-state index contributed by atoms with van der Waals surface area (Å²) >= 11 is 0. The monoisotopic (exact) mass is 746 g/mol. The van der Waals surface area contributed by atoms with Gasteiger partial charge in [-0.25, -0.2) is 4.98 Å². The molecule has 0 aliphatic carbocycles. The minimum Gasteiger partial charge on any atom is -0.453 e. The van der Waals surface area contributed by atoms with E-state index in [0.717, 1.165) is 84.9 Å². The number of hydrogen-bond acceptors (Lipinski definition) is 6. The zero-order valence-electron chi connectivity index (χ0n) is 31.2. The van der Waals surface area contributed by atoms with Crippen LogP contribution < -0.4 is 14.5 Å². The standard InChI is InChI=1S/C51H34N6O/c1-3-11-44-42(9-1)43-10-2-4-12-45(43)56(44)50-33-41(34-51(54-50)57-46-13-5-7-15-48(46)58-49-16-8-6-14-47(49)57)55(39-21-17-35(18-22-39)37-25-29-52-30-26-37)40-23-19-36(20-24-40)38-27-31-53-32-28-38/h1-34H. The van der Waals surface area contributed by atoms with Gasteiger partial charge in [0.1, 0.15) is 11.6 Å². The molecule has 0 saturated heterocycles. The minimum absolute atomic E-state index is 0.754. The summed E-state index contributed by atoms with van der Waals surface area (Å²) in [5.41, 5.74) is 11.4. The normalized spacial score (nSPS) is 11.9. The molecular formula is C51H34N6O. The van der Waals surface area contributed by atoms with Gasteiger partial charge in [0, 0.05) is 59.1 Å². The molecule has 0 atom stereocenters. The van der Waals surface area contributed by atoms with Crippen molar-refractivity contribution < 1.29 is 4.74 Å². The van der Waals surface area contributed by atoms with Crippen molar-refractivity contribution in [3.8, 4) is 39.6 Å². The van der Waals surface area contributed by atoms with Gasteiger partial charge in [0.05, 0.1) is 28.1 Å².